The van der Waals surface area contributed by atoms with Crippen LogP contribution in [0.4, 0.5) is 0 Å². The molecule has 0 aromatic heterocycles. The van der Waals surface area contributed by atoms with Crippen LogP contribution in [0.15, 0.2) is 18.2 Å². The molecule has 0 fully saturated rings. The van der Waals surface area contributed by atoms with Gasteiger partial charge in [0.1, 0.15) is 5.75 Å². The highest BCUT2D eigenvalue weighted by Gasteiger charge is 2.30. The predicted octanol–water partition coefficient (Wildman–Crippen LogP) is 2.69. The van der Waals surface area contributed by atoms with Crippen molar-refractivity contribution in [2.75, 3.05) is 0 Å². The lowest BCUT2D eigenvalue weighted by Crippen LogP contribution is -2.18. The Labute approximate surface area is 81.5 Å². The summed E-state index contributed by atoms with van der Waals surface area (Å²) in [4.78, 5) is 11.6. The summed E-state index contributed by atoms with van der Waals surface area (Å²) in [5.41, 5.74) is 0.611. The van der Waals surface area contributed by atoms with Crippen LogP contribution in [0.2, 0.25) is 5.02 Å². The summed E-state index contributed by atoms with van der Waals surface area (Å²) < 4.78 is 5.42. The SMILES string of the molecule is CCC1Oc2ccc(Cl)cc2C1=O. The number of halogens is 1. The van der Waals surface area contributed by atoms with Crippen molar-refractivity contribution < 1.29 is 9.53 Å². The quantitative estimate of drug-likeness (QED) is 0.691. The van der Waals surface area contributed by atoms with Crippen molar-refractivity contribution in [2.24, 2.45) is 0 Å². The molecule has 0 radical (unpaired) electrons. The minimum absolute atomic E-state index is 0.0417. The van der Waals surface area contributed by atoms with Crippen LogP contribution in [0.5, 0.6) is 5.75 Å². The second-order valence-corrected chi connectivity index (χ2v) is 3.46. The third-order valence-corrected chi connectivity index (χ3v) is 2.37. The lowest BCUT2D eigenvalue weighted by molar-refractivity contribution is 0.0853. The van der Waals surface area contributed by atoms with Gasteiger partial charge >= 0.3 is 0 Å². The van der Waals surface area contributed by atoms with Gasteiger partial charge in [-0.1, -0.05) is 18.5 Å². The summed E-state index contributed by atoms with van der Waals surface area (Å²) in [6.45, 7) is 1.93. The van der Waals surface area contributed by atoms with Crippen LogP contribution >= 0.6 is 11.6 Å². The molecule has 0 spiro atoms. The molecule has 1 aliphatic heterocycles. The second-order valence-electron chi connectivity index (χ2n) is 3.02. The Morgan fingerprint density at radius 2 is 2.31 bits per heavy atom. The van der Waals surface area contributed by atoms with E-state index in [0.717, 1.165) is 0 Å². The summed E-state index contributed by atoms with van der Waals surface area (Å²) >= 11 is 5.77. The third kappa shape index (κ3) is 1.31. The molecule has 1 aromatic rings. The van der Waals surface area contributed by atoms with E-state index >= 15 is 0 Å². The van der Waals surface area contributed by atoms with E-state index in [0.29, 0.717) is 22.8 Å². The Hall–Kier alpha value is -1.02. The van der Waals surface area contributed by atoms with Crippen LogP contribution in [0, 0.1) is 0 Å². The molecule has 0 bridgehead atoms. The molecule has 0 aliphatic carbocycles. The average molecular weight is 197 g/mol. The van der Waals surface area contributed by atoms with E-state index in [1.54, 1.807) is 18.2 Å². The van der Waals surface area contributed by atoms with Crippen molar-refractivity contribution in [3.8, 4) is 5.75 Å². The van der Waals surface area contributed by atoms with Crippen molar-refractivity contribution >= 4 is 17.4 Å². The van der Waals surface area contributed by atoms with Gasteiger partial charge in [0.25, 0.3) is 0 Å². The van der Waals surface area contributed by atoms with Gasteiger partial charge in [-0.3, -0.25) is 4.79 Å². The minimum atomic E-state index is -0.312. The van der Waals surface area contributed by atoms with Gasteiger partial charge in [0.15, 0.2) is 6.10 Å². The molecular formula is C10H9ClO2. The van der Waals surface area contributed by atoms with Gasteiger partial charge in [-0.15, -0.1) is 0 Å². The smallest absolute Gasteiger partial charge is 0.207 e. The largest absolute Gasteiger partial charge is 0.482 e. The molecule has 1 aromatic carbocycles. The van der Waals surface area contributed by atoms with E-state index < -0.39 is 0 Å². The van der Waals surface area contributed by atoms with Crippen LogP contribution in [0.3, 0.4) is 0 Å². The van der Waals surface area contributed by atoms with E-state index in [2.05, 4.69) is 0 Å². The molecule has 3 heteroatoms. The Balaban J connectivity index is 2.45. The van der Waals surface area contributed by atoms with Crippen LogP contribution in [-0.4, -0.2) is 11.9 Å². The highest BCUT2D eigenvalue weighted by molar-refractivity contribution is 6.31. The number of fused-ring (bicyclic) bond motifs is 1. The predicted molar refractivity (Wildman–Crippen MR) is 50.5 cm³/mol. The lowest BCUT2D eigenvalue weighted by atomic mass is 10.1. The van der Waals surface area contributed by atoms with Gasteiger partial charge in [0.2, 0.25) is 5.78 Å². The van der Waals surface area contributed by atoms with Gasteiger partial charge in [-0.2, -0.15) is 0 Å². The number of rotatable bonds is 1. The maximum Gasteiger partial charge on any atom is 0.207 e. The molecule has 0 saturated heterocycles. The van der Waals surface area contributed by atoms with Crippen LogP contribution in [0.25, 0.3) is 0 Å². The molecule has 2 rings (SSSR count). The highest BCUT2D eigenvalue weighted by atomic mass is 35.5. The van der Waals surface area contributed by atoms with Crippen molar-refractivity contribution in [1.82, 2.24) is 0 Å². The number of hydrogen-bond donors (Lipinski definition) is 0. The zero-order valence-electron chi connectivity index (χ0n) is 7.21. The van der Waals surface area contributed by atoms with Crippen molar-refractivity contribution in [3.63, 3.8) is 0 Å². The monoisotopic (exact) mass is 196 g/mol. The zero-order valence-corrected chi connectivity index (χ0v) is 7.97. The molecule has 1 atom stereocenters. The molecule has 13 heavy (non-hydrogen) atoms. The summed E-state index contributed by atoms with van der Waals surface area (Å²) in [6, 6.07) is 5.13. The van der Waals surface area contributed by atoms with Gasteiger partial charge in [-0.05, 0) is 24.6 Å². The van der Waals surface area contributed by atoms with Gasteiger partial charge in [0, 0.05) is 5.02 Å². The fourth-order valence-electron chi connectivity index (χ4n) is 1.45. The Bertz CT molecular complexity index is 360. The van der Waals surface area contributed by atoms with Crippen molar-refractivity contribution in [1.29, 1.82) is 0 Å². The Kier molecular flexibility index (Phi) is 2.00. The number of ketones is 1. The first-order valence-corrected chi connectivity index (χ1v) is 4.60. The number of hydrogen-bond acceptors (Lipinski definition) is 2. The summed E-state index contributed by atoms with van der Waals surface area (Å²) in [5, 5.41) is 0.576. The van der Waals surface area contributed by atoms with Gasteiger partial charge in [-0.25, -0.2) is 0 Å². The summed E-state index contributed by atoms with van der Waals surface area (Å²) in [7, 11) is 0. The highest BCUT2D eigenvalue weighted by Crippen LogP contribution is 2.31. The van der Waals surface area contributed by atoms with E-state index in [9.17, 15) is 4.79 Å². The van der Waals surface area contributed by atoms with Crippen LogP contribution in [-0.2, 0) is 0 Å². The third-order valence-electron chi connectivity index (χ3n) is 2.14. The number of benzene rings is 1. The fraction of sp³-hybridized carbons (Fsp3) is 0.300. The van der Waals surface area contributed by atoms with E-state index in [-0.39, 0.29) is 11.9 Å². The molecule has 1 heterocycles. The molecule has 0 saturated carbocycles. The zero-order chi connectivity index (χ0) is 9.42. The normalized spacial score (nSPS) is 19.8. The molecule has 0 amide bonds. The summed E-state index contributed by atoms with van der Waals surface area (Å²) in [5.74, 6) is 0.696. The molecule has 1 unspecified atom stereocenters. The fourth-order valence-corrected chi connectivity index (χ4v) is 1.62. The Morgan fingerprint density at radius 3 is 3.00 bits per heavy atom. The van der Waals surface area contributed by atoms with Gasteiger partial charge < -0.3 is 4.74 Å². The average Bonchev–Trinajstić information content (AvgIpc) is 2.44. The number of carbonyl (C=O) groups excluding carboxylic acids is 1. The van der Waals surface area contributed by atoms with Crippen LogP contribution < -0.4 is 4.74 Å². The van der Waals surface area contributed by atoms with Gasteiger partial charge in [0.05, 0.1) is 5.56 Å². The first-order valence-electron chi connectivity index (χ1n) is 4.22. The summed E-state index contributed by atoms with van der Waals surface area (Å²) in [6.07, 6.45) is 0.388. The number of ether oxygens (including phenoxy) is 1. The second kappa shape index (κ2) is 3.04. The number of Topliss-reactive ketones (excluding diaryl/α,β-unsaturated/α-hetero) is 1. The maximum atomic E-state index is 11.6. The van der Waals surface area contributed by atoms with Crippen molar-refractivity contribution in [2.45, 2.75) is 19.4 Å². The first-order chi connectivity index (χ1) is 6.22. The Morgan fingerprint density at radius 1 is 1.54 bits per heavy atom. The number of carbonyl (C=O) groups is 1. The first kappa shape index (κ1) is 8.57. The van der Waals surface area contributed by atoms with Crippen molar-refractivity contribution in [3.05, 3.63) is 28.8 Å². The van der Waals surface area contributed by atoms with E-state index in [4.69, 9.17) is 16.3 Å². The lowest BCUT2D eigenvalue weighted by Gasteiger charge is -2.03. The molecule has 0 N–H and O–H groups in total. The standard InChI is InChI=1S/C10H9ClO2/c1-2-8-10(12)7-5-6(11)3-4-9(7)13-8/h3-5,8H,2H2,1H3. The molecule has 68 valence electrons. The maximum absolute atomic E-state index is 11.6. The topological polar surface area (TPSA) is 26.3 Å². The minimum Gasteiger partial charge on any atom is -0.482 e. The van der Waals surface area contributed by atoms with E-state index in [1.165, 1.54) is 0 Å². The molecular weight excluding hydrogens is 188 g/mol. The molecule has 2 nitrogen and oxygen atoms in total. The molecule has 1 aliphatic rings. The van der Waals surface area contributed by atoms with Crippen LogP contribution in [0.1, 0.15) is 23.7 Å². The van der Waals surface area contributed by atoms with E-state index in [1.807, 2.05) is 6.92 Å².